The third-order valence-corrected chi connectivity index (χ3v) is 11.1. The summed E-state index contributed by atoms with van der Waals surface area (Å²) in [5, 5.41) is 13.5. The molecular weight excluding hydrogens is 666 g/mol. The highest BCUT2D eigenvalue weighted by molar-refractivity contribution is 9.09. The van der Waals surface area contributed by atoms with Crippen LogP contribution in [0.3, 0.4) is 0 Å². The van der Waals surface area contributed by atoms with Crippen molar-refractivity contribution in [1.29, 1.82) is 0 Å². The molecule has 3 aliphatic heterocycles. The van der Waals surface area contributed by atoms with Crippen LogP contribution in [0.5, 0.6) is 0 Å². The molecule has 3 heterocycles. The minimum atomic E-state index is -1.28. The van der Waals surface area contributed by atoms with E-state index in [2.05, 4.69) is 34.4 Å². The van der Waals surface area contributed by atoms with Gasteiger partial charge in [0.2, 0.25) is 17.7 Å². The molecular formula is C36H48BrN3O7. The van der Waals surface area contributed by atoms with Gasteiger partial charge in [0.1, 0.15) is 17.7 Å². The number of fused-ring (bicyclic) bond motifs is 1. The van der Waals surface area contributed by atoms with Gasteiger partial charge in [0.15, 0.2) is 0 Å². The maximum Gasteiger partial charge on any atom is 0.312 e. The fraction of sp³-hybridized carbons (Fsp3) is 0.611. The van der Waals surface area contributed by atoms with Crippen molar-refractivity contribution >= 4 is 39.6 Å². The molecule has 1 aromatic carbocycles. The second-order valence-electron chi connectivity index (χ2n) is 13.4. The van der Waals surface area contributed by atoms with Crippen LogP contribution in [-0.4, -0.2) is 99.1 Å². The smallest absolute Gasteiger partial charge is 0.312 e. The number of nitrogens with one attached hydrogen (secondary N) is 1. The van der Waals surface area contributed by atoms with Gasteiger partial charge in [0.25, 0.3) is 0 Å². The van der Waals surface area contributed by atoms with Gasteiger partial charge in [-0.05, 0) is 44.6 Å². The van der Waals surface area contributed by atoms with Gasteiger partial charge in [-0.2, -0.15) is 0 Å². The molecule has 47 heavy (non-hydrogen) atoms. The van der Waals surface area contributed by atoms with Crippen molar-refractivity contribution in [1.82, 2.24) is 15.1 Å². The summed E-state index contributed by atoms with van der Waals surface area (Å²) in [5.74, 6) is -3.30. The quantitative estimate of drug-likeness (QED) is 0.161. The molecule has 8 atom stereocenters. The number of alkyl halides is 1. The van der Waals surface area contributed by atoms with Gasteiger partial charge in [-0.1, -0.05) is 77.7 Å². The number of hydrogen-bond acceptors (Lipinski definition) is 7. The van der Waals surface area contributed by atoms with Crippen LogP contribution in [0.15, 0.2) is 55.6 Å². The average Bonchev–Trinajstić information content (AvgIpc) is 3.67. The van der Waals surface area contributed by atoms with E-state index >= 15 is 0 Å². The standard InChI is InChI=1S/C36H48BrN3O7/c1-4-6-17-28(42)38-21-23(3)46-35(45)29-30-33(43)40(26(22-41)19-24-13-9-7-10-14-24)32(36(30)20-27(37)31(29)47-36)34(44)39(18-5-2)25-15-11-8-12-16-25/h4-5,7,9-10,13-14,23,25-27,29-32,41H,1-2,6,8,11-12,15-22H2,3H3,(H,38,42)/t23-,26-,27?,29+,30-,31+,32+,36-/m1/s1. The maximum atomic E-state index is 14.9. The van der Waals surface area contributed by atoms with E-state index in [4.69, 9.17) is 9.47 Å². The first kappa shape index (κ1) is 35.3. The first-order chi connectivity index (χ1) is 22.7. The molecule has 4 aliphatic rings. The summed E-state index contributed by atoms with van der Waals surface area (Å²) in [5.41, 5.74) is -0.365. The van der Waals surface area contributed by atoms with Gasteiger partial charge >= 0.3 is 5.97 Å². The minimum absolute atomic E-state index is 0.00465. The zero-order valence-electron chi connectivity index (χ0n) is 27.2. The Bertz CT molecular complexity index is 1320. The summed E-state index contributed by atoms with van der Waals surface area (Å²) in [6, 6.07) is 7.81. The van der Waals surface area contributed by atoms with E-state index < -0.39 is 47.7 Å². The van der Waals surface area contributed by atoms with Gasteiger partial charge in [0, 0.05) is 23.8 Å². The Hall–Kier alpha value is -3.02. The van der Waals surface area contributed by atoms with Crippen molar-refractivity contribution in [3.8, 4) is 0 Å². The number of hydrogen-bond donors (Lipinski definition) is 2. The molecule has 1 spiro atoms. The van der Waals surface area contributed by atoms with E-state index in [9.17, 15) is 24.3 Å². The minimum Gasteiger partial charge on any atom is -0.460 e. The van der Waals surface area contributed by atoms with Crippen LogP contribution in [-0.2, 0) is 35.1 Å². The number of halogens is 1. The summed E-state index contributed by atoms with van der Waals surface area (Å²) in [7, 11) is 0. The number of amides is 3. The number of benzene rings is 1. The SMILES string of the molecule is C=CCCC(=O)NC[C@@H](C)OC(=O)[C@@H]1[C@H]2O[C@@]3(CC2Br)[C@H](C(=O)N(CC=C)C2CCCCC2)N([C@@H](CO)Cc2ccccc2)C(=O)[C@@H]13. The van der Waals surface area contributed by atoms with Gasteiger partial charge in [-0.3, -0.25) is 19.2 Å². The second-order valence-corrected chi connectivity index (χ2v) is 14.6. The number of rotatable bonds is 15. The van der Waals surface area contributed by atoms with E-state index in [1.54, 1.807) is 19.1 Å². The number of ether oxygens (including phenoxy) is 2. The lowest BCUT2D eigenvalue weighted by Crippen LogP contribution is -2.61. The molecule has 2 N–H and O–H groups in total. The van der Waals surface area contributed by atoms with Crippen LogP contribution in [0.4, 0.5) is 0 Å². The molecule has 3 amide bonds. The van der Waals surface area contributed by atoms with E-state index in [-0.39, 0.29) is 48.2 Å². The summed E-state index contributed by atoms with van der Waals surface area (Å²) in [6.07, 6.45) is 8.46. The molecule has 0 aromatic heterocycles. The topological polar surface area (TPSA) is 125 Å². The molecule has 2 bridgehead atoms. The maximum absolute atomic E-state index is 14.9. The Morgan fingerprint density at radius 3 is 2.57 bits per heavy atom. The molecule has 4 fully saturated rings. The second kappa shape index (κ2) is 15.5. The molecule has 1 aromatic rings. The molecule has 1 unspecified atom stereocenters. The lowest BCUT2D eigenvalue weighted by atomic mass is 9.70. The van der Waals surface area contributed by atoms with E-state index in [0.29, 0.717) is 25.8 Å². The van der Waals surface area contributed by atoms with Crippen molar-refractivity contribution < 1.29 is 33.8 Å². The summed E-state index contributed by atoms with van der Waals surface area (Å²) >= 11 is 3.73. The Kier molecular flexibility index (Phi) is 11.6. The van der Waals surface area contributed by atoms with Crippen molar-refractivity contribution in [3.05, 3.63) is 61.2 Å². The molecule has 3 saturated heterocycles. The first-order valence-electron chi connectivity index (χ1n) is 16.9. The van der Waals surface area contributed by atoms with E-state index in [0.717, 1.165) is 37.7 Å². The summed E-state index contributed by atoms with van der Waals surface area (Å²) < 4.78 is 12.5. The first-order valence-corrected chi connectivity index (χ1v) is 17.9. The third kappa shape index (κ3) is 7.08. The van der Waals surface area contributed by atoms with Crippen molar-refractivity contribution in [2.24, 2.45) is 11.8 Å². The molecule has 10 nitrogen and oxygen atoms in total. The monoisotopic (exact) mass is 713 g/mol. The molecule has 11 heteroatoms. The molecule has 0 radical (unpaired) electrons. The highest BCUT2D eigenvalue weighted by Gasteiger charge is 2.77. The Morgan fingerprint density at radius 1 is 1.19 bits per heavy atom. The number of aliphatic hydroxyl groups excluding tert-OH is 1. The van der Waals surface area contributed by atoms with Crippen LogP contribution in [0, 0.1) is 11.8 Å². The predicted molar refractivity (Wildman–Crippen MR) is 180 cm³/mol. The number of carbonyl (C=O) groups excluding carboxylic acids is 4. The van der Waals surface area contributed by atoms with Crippen LogP contribution in [0.1, 0.15) is 63.9 Å². The highest BCUT2D eigenvalue weighted by Crippen LogP contribution is 2.61. The van der Waals surface area contributed by atoms with E-state index in [1.165, 1.54) is 4.90 Å². The lowest BCUT2D eigenvalue weighted by molar-refractivity contribution is -0.160. The number of esters is 1. The van der Waals surface area contributed by atoms with Crippen LogP contribution < -0.4 is 5.32 Å². The number of carbonyl (C=O) groups is 4. The molecule has 1 saturated carbocycles. The highest BCUT2D eigenvalue weighted by atomic mass is 79.9. The molecule has 256 valence electrons. The zero-order chi connectivity index (χ0) is 33.7. The van der Waals surface area contributed by atoms with Crippen LogP contribution in [0.2, 0.25) is 0 Å². The van der Waals surface area contributed by atoms with Crippen molar-refractivity contribution in [2.45, 2.75) is 105 Å². The van der Waals surface area contributed by atoms with Crippen LogP contribution in [0.25, 0.3) is 0 Å². The fourth-order valence-electron chi connectivity index (χ4n) is 8.15. The third-order valence-electron chi connectivity index (χ3n) is 10.3. The predicted octanol–water partition coefficient (Wildman–Crippen LogP) is 3.70. The van der Waals surface area contributed by atoms with Gasteiger partial charge in [0.05, 0.1) is 37.1 Å². The van der Waals surface area contributed by atoms with E-state index in [1.807, 2.05) is 35.2 Å². The number of nitrogens with zero attached hydrogens (tertiary/aromatic N) is 2. The Labute approximate surface area is 286 Å². The molecule has 1 aliphatic carbocycles. The van der Waals surface area contributed by atoms with Gasteiger partial charge in [-0.15, -0.1) is 13.2 Å². The fourth-order valence-corrected chi connectivity index (χ4v) is 9.09. The Balaban J connectivity index is 1.47. The summed E-state index contributed by atoms with van der Waals surface area (Å²) in [4.78, 5) is 58.7. The van der Waals surface area contributed by atoms with Crippen LogP contribution >= 0.6 is 15.9 Å². The Morgan fingerprint density at radius 2 is 1.91 bits per heavy atom. The van der Waals surface area contributed by atoms with Gasteiger partial charge in [-0.25, -0.2) is 0 Å². The largest absolute Gasteiger partial charge is 0.460 e. The normalized spacial score (nSPS) is 29.6. The summed E-state index contributed by atoms with van der Waals surface area (Å²) in [6.45, 7) is 9.33. The van der Waals surface area contributed by atoms with Crippen molar-refractivity contribution in [2.75, 3.05) is 19.7 Å². The zero-order valence-corrected chi connectivity index (χ0v) is 28.8. The number of aliphatic hydroxyl groups is 1. The number of likely N-dealkylation sites (tertiary alicyclic amines) is 1. The van der Waals surface area contributed by atoms with Crippen molar-refractivity contribution in [3.63, 3.8) is 0 Å². The average molecular weight is 715 g/mol. The molecule has 5 rings (SSSR count). The van der Waals surface area contributed by atoms with Gasteiger partial charge < -0.3 is 29.7 Å². The number of allylic oxidation sites excluding steroid dienone is 1. The lowest BCUT2D eigenvalue weighted by Gasteiger charge is -2.42.